The predicted molar refractivity (Wildman–Crippen MR) is 56.2 cm³/mol. The van der Waals surface area contributed by atoms with E-state index >= 15 is 0 Å². The van der Waals surface area contributed by atoms with Crippen molar-refractivity contribution in [1.82, 2.24) is 10.3 Å². The minimum Gasteiger partial charge on any atom is -0.307 e. The molecule has 0 amide bonds. The van der Waals surface area contributed by atoms with E-state index in [0.717, 1.165) is 13.1 Å². The first-order valence-corrected chi connectivity index (χ1v) is 5.57. The van der Waals surface area contributed by atoms with Crippen LogP contribution in [0.4, 0.5) is 0 Å². The molecule has 0 radical (unpaired) electrons. The van der Waals surface area contributed by atoms with Crippen molar-refractivity contribution < 1.29 is 0 Å². The average Bonchev–Trinajstić information content (AvgIpc) is 2.66. The Kier molecular flexibility index (Phi) is 1.84. The van der Waals surface area contributed by atoms with Crippen molar-refractivity contribution in [3.05, 3.63) is 28.1 Å². The van der Waals surface area contributed by atoms with Gasteiger partial charge in [0.15, 0.2) is 0 Å². The van der Waals surface area contributed by atoms with E-state index in [1.165, 1.54) is 42.6 Å². The minimum atomic E-state index is 0.976. The highest BCUT2D eigenvalue weighted by molar-refractivity contribution is 5.43. The summed E-state index contributed by atoms with van der Waals surface area (Å²) < 4.78 is 0. The Hall–Kier alpha value is -0.890. The van der Waals surface area contributed by atoms with Crippen LogP contribution in [0.1, 0.15) is 40.9 Å². The Morgan fingerprint density at radius 1 is 1.00 bits per heavy atom. The fourth-order valence-corrected chi connectivity index (χ4v) is 2.81. The first-order valence-electron chi connectivity index (χ1n) is 5.57. The van der Waals surface area contributed by atoms with Gasteiger partial charge in [-0.2, -0.15) is 0 Å². The van der Waals surface area contributed by atoms with E-state index in [-0.39, 0.29) is 0 Å². The van der Waals surface area contributed by atoms with Gasteiger partial charge in [-0.05, 0) is 49.3 Å². The monoisotopic (exact) mass is 188 g/mol. The van der Waals surface area contributed by atoms with E-state index in [9.17, 15) is 0 Å². The van der Waals surface area contributed by atoms with E-state index in [1.807, 2.05) is 0 Å². The lowest BCUT2D eigenvalue weighted by Crippen LogP contribution is -2.11. The number of aryl methyl sites for hydroxylation is 1. The van der Waals surface area contributed by atoms with Crippen LogP contribution in [0.2, 0.25) is 0 Å². The van der Waals surface area contributed by atoms with Crippen molar-refractivity contribution in [2.45, 2.75) is 45.7 Å². The fourth-order valence-electron chi connectivity index (χ4n) is 2.81. The van der Waals surface area contributed by atoms with Crippen molar-refractivity contribution in [2.24, 2.45) is 0 Å². The van der Waals surface area contributed by atoms with Crippen LogP contribution < -0.4 is 5.32 Å². The zero-order valence-electron chi connectivity index (χ0n) is 8.69. The summed E-state index contributed by atoms with van der Waals surface area (Å²) in [7, 11) is 0. The molecule has 14 heavy (non-hydrogen) atoms. The van der Waals surface area contributed by atoms with Crippen molar-refractivity contribution in [2.75, 3.05) is 0 Å². The second-order valence-corrected chi connectivity index (χ2v) is 4.39. The van der Waals surface area contributed by atoms with E-state index in [0.29, 0.717) is 0 Å². The van der Waals surface area contributed by atoms with Gasteiger partial charge >= 0.3 is 0 Å². The molecule has 1 aromatic rings. The quantitative estimate of drug-likeness (QED) is 0.672. The number of nitrogens with zero attached hydrogens (tertiary/aromatic N) is 1. The van der Waals surface area contributed by atoms with Crippen LogP contribution >= 0.6 is 0 Å². The van der Waals surface area contributed by atoms with Gasteiger partial charge in [-0.1, -0.05) is 0 Å². The van der Waals surface area contributed by atoms with Gasteiger partial charge in [0.25, 0.3) is 0 Å². The SMILES string of the molecule is Cc1nc2c(c3c1CCCC3)CNC2. The van der Waals surface area contributed by atoms with Crippen LogP contribution in [0.15, 0.2) is 0 Å². The molecule has 3 rings (SSSR count). The molecule has 1 aliphatic carbocycles. The molecule has 0 spiro atoms. The van der Waals surface area contributed by atoms with Gasteiger partial charge < -0.3 is 5.32 Å². The molecule has 0 aromatic carbocycles. The first-order chi connectivity index (χ1) is 6.86. The maximum Gasteiger partial charge on any atom is 0.0592 e. The summed E-state index contributed by atoms with van der Waals surface area (Å²) in [6.07, 6.45) is 5.24. The molecular weight excluding hydrogens is 172 g/mol. The maximum atomic E-state index is 4.70. The highest BCUT2D eigenvalue weighted by Gasteiger charge is 2.22. The average molecular weight is 188 g/mol. The molecular formula is C12H16N2. The molecule has 0 unspecified atom stereocenters. The standard InChI is InChI=1S/C12H16N2/c1-8-9-4-2-3-5-10(9)11-6-13-7-12(11)14-8/h13H,2-7H2,1H3. The van der Waals surface area contributed by atoms with Crippen molar-refractivity contribution in [3.63, 3.8) is 0 Å². The number of aromatic nitrogens is 1. The Morgan fingerprint density at radius 3 is 2.64 bits per heavy atom. The van der Waals surface area contributed by atoms with E-state index in [4.69, 9.17) is 4.98 Å². The third-order valence-corrected chi connectivity index (χ3v) is 3.51. The lowest BCUT2D eigenvalue weighted by atomic mass is 9.87. The van der Waals surface area contributed by atoms with Crippen LogP contribution in [0.5, 0.6) is 0 Å². The fraction of sp³-hybridized carbons (Fsp3) is 0.583. The van der Waals surface area contributed by atoms with Crippen LogP contribution in [0, 0.1) is 6.92 Å². The predicted octanol–water partition coefficient (Wildman–Crippen LogP) is 1.87. The van der Waals surface area contributed by atoms with Crippen molar-refractivity contribution in [3.8, 4) is 0 Å². The number of nitrogens with one attached hydrogen (secondary N) is 1. The number of hydrogen-bond acceptors (Lipinski definition) is 2. The summed E-state index contributed by atoms with van der Waals surface area (Å²) in [5.74, 6) is 0. The lowest BCUT2D eigenvalue weighted by molar-refractivity contribution is 0.669. The molecule has 0 fully saturated rings. The molecule has 0 saturated heterocycles. The zero-order valence-corrected chi connectivity index (χ0v) is 8.69. The van der Waals surface area contributed by atoms with E-state index in [1.54, 1.807) is 11.1 Å². The Balaban J connectivity index is 2.22. The molecule has 0 saturated carbocycles. The van der Waals surface area contributed by atoms with Crippen LogP contribution in [-0.4, -0.2) is 4.98 Å². The minimum absolute atomic E-state index is 0.976. The molecule has 0 atom stereocenters. The highest BCUT2D eigenvalue weighted by Crippen LogP contribution is 2.30. The second kappa shape index (κ2) is 3.06. The molecule has 2 heteroatoms. The van der Waals surface area contributed by atoms with Crippen LogP contribution in [0.25, 0.3) is 0 Å². The first kappa shape index (κ1) is 8.42. The number of pyridine rings is 1. The number of fused-ring (bicyclic) bond motifs is 3. The Bertz CT molecular complexity index is 379. The molecule has 0 bridgehead atoms. The summed E-state index contributed by atoms with van der Waals surface area (Å²) in [6, 6.07) is 0. The normalized spacial score (nSPS) is 19.2. The lowest BCUT2D eigenvalue weighted by Gasteiger charge is -2.20. The topological polar surface area (TPSA) is 24.9 Å². The highest BCUT2D eigenvalue weighted by atomic mass is 14.9. The Labute approximate surface area is 84.7 Å². The summed E-state index contributed by atoms with van der Waals surface area (Å²) in [5.41, 5.74) is 7.29. The van der Waals surface area contributed by atoms with Gasteiger partial charge in [0.05, 0.1) is 5.69 Å². The van der Waals surface area contributed by atoms with Gasteiger partial charge in [0.1, 0.15) is 0 Å². The van der Waals surface area contributed by atoms with Crippen molar-refractivity contribution >= 4 is 0 Å². The van der Waals surface area contributed by atoms with Crippen LogP contribution in [-0.2, 0) is 25.9 Å². The van der Waals surface area contributed by atoms with Crippen molar-refractivity contribution in [1.29, 1.82) is 0 Å². The smallest absolute Gasteiger partial charge is 0.0592 e. The Morgan fingerprint density at radius 2 is 1.79 bits per heavy atom. The molecule has 1 N–H and O–H groups in total. The van der Waals surface area contributed by atoms with Gasteiger partial charge in [-0.25, -0.2) is 0 Å². The maximum absolute atomic E-state index is 4.70. The van der Waals surface area contributed by atoms with Gasteiger partial charge in [-0.3, -0.25) is 4.98 Å². The van der Waals surface area contributed by atoms with Gasteiger partial charge in [-0.15, -0.1) is 0 Å². The molecule has 2 heterocycles. The molecule has 2 aliphatic rings. The molecule has 74 valence electrons. The molecule has 2 nitrogen and oxygen atoms in total. The second-order valence-electron chi connectivity index (χ2n) is 4.39. The summed E-state index contributed by atoms with van der Waals surface area (Å²) in [4.78, 5) is 4.70. The summed E-state index contributed by atoms with van der Waals surface area (Å²) in [6.45, 7) is 4.19. The van der Waals surface area contributed by atoms with Gasteiger partial charge in [0.2, 0.25) is 0 Å². The third-order valence-electron chi connectivity index (χ3n) is 3.51. The third kappa shape index (κ3) is 1.10. The van der Waals surface area contributed by atoms with E-state index < -0.39 is 0 Å². The number of rotatable bonds is 0. The summed E-state index contributed by atoms with van der Waals surface area (Å²) in [5, 5.41) is 3.40. The van der Waals surface area contributed by atoms with Crippen LogP contribution in [0.3, 0.4) is 0 Å². The van der Waals surface area contributed by atoms with Gasteiger partial charge in [0, 0.05) is 18.8 Å². The molecule has 1 aromatic heterocycles. The zero-order chi connectivity index (χ0) is 9.54. The number of hydrogen-bond donors (Lipinski definition) is 1. The van der Waals surface area contributed by atoms with E-state index in [2.05, 4.69) is 12.2 Å². The molecule has 1 aliphatic heterocycles. The largest absolute Gasteiger partial charge is 0.307 e. The summed E-state index contributed by atoms with van der Waals surface area (Å²) >= 11 is 0.